The fourth-order valence-electron chi connectivity index (χ4n) is 2.67. The van der Waals surface area contributed by atoms with Gasteiger partial charge in [-0.3, -0.25) is 0 Å². The minimum absolute atomic E-state index is 0.229. The van der Waals surface area contributed by atoms with Crippen molar-refractivity contribution in [1.29, 1.82) is 0 Å². The van der Waals surface area contributed by atoms with Gasteiger partial charge in [-0.05, 0) is 37.3 Å². The molecule has 0 aliphatic carbocycles. The van der Waals surface area contributed by atoms with Crippen LogP contribution in [0.1, 0.15) is 25.0 Å². The number of ether oxygens (including phenoxy) is 2. The van der Waals surface area contributed by atoms with Gasteiger partial charge in [-0.1, -0.05) is 31.2 Å². The van der Waals surface area contributed by atoms with Crippen LogP contribution < -0.4 is 26.7 Å². The van der Waals surface area contributed by atoms with Gasteiger partial charge >= 0.3 is 0 Å². The molecule has 2 rings (SSSR count). The molecule has 0 radical (unpaired) electrons. The quantitative estimate of drug-likeness (QED) is 0.736. The molecule has 0 saturated carbocycles. The fraction of sp³-hybridized carbons (Fsp3) is 0.444. The molecule has 0 saturated heterocycles. The minimum atomic E-state index is -1.29. The largest absolute Gasteiger partial charge is 0.496 e. The Labute approximate surface area is 137 Å². The Balaban J connectivity index is 2.56. The molecule has 0 heterocycles. The Hall–Kier alpha value is -1.82. The Morgan fingerprint density at radius 3 is 1.91 bits per heavy atom. The molecule has 0 fully saturated rings. The van der Waals surface area contributed by atoms with E-state index < -0.39 is 5.79 Å². The van der Waals surface area contributed by atoms with Crippen LogP contribution in [0.15, 0.2) is 24.3 Å². The van der Waals surface area contributed by atoms with Gasteiger partial charge in [0, 0.05) is 5.92 Å². The van der Waals surface area contributed by atoms with E-state index in [1.165, 1.54) is 0 Å². The molecule has 0 aliphatic heterocycles. The first kappa shape index (κ1) is 17.5. The maximum Gasteiger partial charge on any atom is 0.134 e. The van der Waals surface area contributed by atoms with Gasteiger partial charge in [0.25, 0.3) is 0 Å². The lowest BCUT2D eigenvalue weighted by molar-refractivity contribution is 0.109. The minimum Gasteiger partial charge on any atom is -0.496 e. The molecule has 2 aromatic rings. The molecule has 6 N–H and O–H groups in total. The second kappa shape index (κ2) is 6.35. The van der Waals surface area contributed by atoms with E-state index in [2.05, 4.69) is 12.1 Å². The highest BCUT2D eigenvalue weighted by Gasteiger charge is 2.29. The number of hydrogen-bond donors (Lipinski definition) is 3. The molecule has 0 amide bonds. The summed E-state index contributed by atoms with van der Waals surface area (Å²) in [5.41, 5.74) is 19.5. The van der Waals surface area contributed by atoms with Gasteiger partial charge in [0.05, 0.1) is 12.5 Å². The van der Waals surface area contributed by atoms with E-state index >= 15 is 0 Å². The lowest BCUT2D eigenvalue weighted by Crippen LogP contribution is -2.65. The highest BCUT2D eigenvalue weighted by molar-refractivity contribution is 5.95. The van der Waals surface area contributed by atoms with E-state index in [0.29, 0.717) is 0 Å². The summed E-state index contributed by atoms with van der Waals surface area (Å²) >= 11 is 0. The van der Waals surface area contributed by atoms with Crippen LogP contribution in [0.25, 0.3) is 10.8 Å². The number of fused-ring (bicyclic) bond motifs is 1. The molecule has 23 heavy (non-hydrogen) atoms. The summed E-state index contributed by atoms with van der Waals surface area (Å²) in [6.45, 7) is 7.83. The van der Waals surface area contributed by atoms with Crippen LogP contribution in [-0.4, -0.2) is 19.0 Å². The summed E-state index contributed by atoms with van der Waals surface area (Å²) in [6.07, 6.45) is -0.246. The second-order valence-electron chi connectivity index (χ2n) is 6.34. The third kappa shape index (κ3) is 3.42. The summed E-state index contributed by atoms with van der Waals surface area (Å²) in [7, 11) is 1.67. The second-order valence-corrected chi connectivity index (χ2v) is 6.34. The van der Waals surface area contributed by atoms with Crippen molar-refractivity contribution < 1.29 is 9.47 Å². The summed E-state index contributed by atoms with van der Waals surface area (Å²) in [5.74, 6) is 0.0814. The molecule has 2 aromatic carbocycles. The number of benzene rings is 2. The molecule has 5 nitrogen and oxygen atoms in total. The van der Waals surface area contributed by atoms with E-state index in [1.54, 1.807) is 7.11 Å². The molecular weight excluding hydrogens is 290 g/mol. The van der Waals surface area contributed by atoms with Crippen molar-refractivity contribution in [3.63, 3.8) is 0 Å². The first-order valence-electron chi connectivity index (χ1n) is 7.77. The van der Waals surface area contributed by atoms with Crippen LogP contribution in [0.5, 0.6) is 11.5 Å². The van der Waals surface area contributed by atoms with Crippen molar-refractivity contribution in [3.05, 3.63) is 35.4 Å². The summed E-state index contributed by atoms with van der Waals surface area (Å²) in [6, 6.07) is 8.20. The van der Waals surface area contributed by atoms with Gasteiger partial charge in [-0.25, -0.2) is 0 Å². The first-order chi connectivity index (χ1) is 10.7. The Morgan fingerprint density at radius 1 is 0.913 bits per heavy atom. The predicted octanol–water partition coefficient (Wildman–Crippen LogP) is 2.40. The molecule has 0 aliphatic rings. The van der Waals surface area contributed by atoms with Crippen LogP contribution in [0, 0.1) is 19.8 Å². The van der Waals surface area contributed by atoms with Crippen molar-refractivity contribution in [3.8, 4) is 11.5 Å². The van der Waals surface area contributed by atoms with Crippen molar-refractivity contribution in [1.82, 2.24) is 0 Å². The van der Waals surface area contributed by atoms with E-state index in [9.17, 15) is 0 Å². The molecule has 0 spiro atoms. The zero-order chi connectivity index (χ0) is 17.4. The number of hydrogen-bond acceptors (Lipinski definition) is 5. The van der Waals surface area contributed by atoms with Gasteiger partial charge < -0.3 is 26.7 Å². The maximum atomic E-state index is 6.22. The monoisotopic (exact) mass is 317 g/mol. The van der Waals surface area contributed by atoms with Crippen molar-refractivity contribution in [2.24, 2.45) is 23.1 Å². The van der Waals surface area contributed by atoms with Crippen LogP contribution >= 0.6 is 0 Å². The van der Waals surface area contributed by atoms with Gasteiger partial charge in [0.1, 0.15) is 23.4 Å². The average Bonchev–Trinajstić information content (AvgIpc) is 2.48. The van der Waals surface area contributed by atoms with E-state index in [-0.39, 0.29) is 12.0 Å². The molecule has 0 aromatic heterocycles. The van der Waals surface area contributed by atoms with E-state index in [4.69, 9.17) is 26.7 Å². The van der Waals surface area contributed by atoms with Crippen molar-refractivity contribution >= 4 is 10.8 Å². The van der Waals surface area contributed by atoms with E-state index in [0.717, 1.165) is 33.4 Å². The van der Waals surface area contributed by atoms with Crippen molar-refractivity contribution in [2.45, 2.75) is 39.6 Å². The highest BCUT2D eigenvalue weighted by atomic mass is 16.5. The predicted molar refractivity (Wildman–Crippen MR) is 94.5 cm³/mol. The lowest BCUT2D eigenvalue weighted by atomic mass is 9.98. The molecule has 126 valence electrons. The Morgan fingerprint density at radius 2 is 1.43 bits per heavy atom. The zero-order valence-corrected chi connectivity index (χ0v) is 14.5. The van der Waals surface area contributed by atoms with Crippen molar-refractivity contribution in [2.75, 3.05) is 7.11 Å². The Bertz CT molecular complexity index is 702. The standard InChI is InChI=1S/C18H27N3O2/c1-10-6-8-14-9-7-11(2)17(15(14)16(10)22-5)23-13(4)12(3)18(19,20)21/h6-9,12-13H,19-21H2,1-5H3. The van der Waals surface area contributed by atoms with E-state index in [1.807, 2.05) is 39.8 Å². The summed E-state index contributed by atoms with van der Waals surface area (Å²) < 4.78 is 11.8. The molecular formula is C18H27N3O2. The third-order valence-electron chi connectivity index (χ3n) is 4.49. The van der Waals surface area contributed by atoms with Crippen LogP contribution in [-0.2, 0) is 0 Å². The SMILES string of the molecule is COc1c(C)ccc2ccc(C)c(OC(C)C(C)C(N)(N)N)c12. The van der Waals surface area contributed by atoms with Gasteiger partial charge in [-0.15, -0.1) is 0 Å². The van der Waals surface area contributed by atoms with Crippen LogP contribution in [0.2, 0.25) is 0 Å². The number of methoxy groups -OCH3 is 1. The fourth-order valence-corrected chi connectivity index (χ4v) is 2.67. The number of nitrogens with two attached hydrogens (primary N) is 3. The normalized spacial score (nSPS) is 14.6. The summed E-state index contributed by atoms with van der Waals surface area (Å²) in [4.78, 5) is 0. The van der Waals surface area contributed by atoms with Gasteiger partial charge in [-0.2, -0.15) is 0 Å². The smallest absolute Gasteiger partial charge is 0.134 e. The molecule has 0 bridgehead atoms. The topological polar surface area (TPSA) is 96.5 Å². The Kier molecular flexibility index (Phi) is 4.84. The lowest BCUT2D eigenvalue weighted by Gasteiger charge is -2.32. The zero-order valence-electron chi connectivity index (χ0n) is 14.5. The third-order valence-corrected chi connectivity index (χ3v) is 4.49. The first-order valence-corrected chi connectivity index (χ1v) is 7.77. The number of aryl methyl sites for hydroxylation is 2. The maximum absolute atomic E-state index is 6.22. The molecule has 2 atom stereocenters. The molecule has 5 heteroatoms. The number of rotatable bonds is 5. The van der Waals surface area contributed by atoms with Gasteiger partial charge in [0.2, 0.25) is 0 Å². The summed E-state index contributed by atoms with van der Waals surface area (Å²) in [5, 5.41) is 2.02. The van der Waals surface area contributed by atoms with Crippen LogP contribution in [0.3, 0.4) is 0 Å². The van der Waals surface area contributed by atoms with Gasteiger partial charge in [0.15, 0.2) is 0 Å². The molecule has 2 unspecified atom stereocenters. The highest BCUT2D eigenvalue weighted by Crippen LogP contribution is 2.39. The van der Waals surface area contributed by atoms with Crippen LogP contribution in [0.4, 0.5) is 0 Å². The average molecular weight is 317 g/mol.